The van der Waals surface area contributed by atoms with Crippen LogP contribution in [-0.4, -0.2) is 58.2 Å². The molecular weight excluding hydrogens is 486 g/mol. The number of hydrogen-bond donors (Lipinski definition) is 2. The minimum absolute atomic E-state index is 0.0548. The lowest BCUT2D eigenvalue weighted by molar-refractivity contribution is -0.122. The molecule has 3 saturated carbocycles. The quantitative estimate of drug-likeness (QED) is 0.397. The number of benzene rings is 1. The highest BCUT2D eigenvalue weighted by atomic mass is 16.2. The van der Waals surface area contributed by atoms with Gasteiger partial charge in [0.25, 0.3) is 5.91 Å². The molecule has 2 aromatic rings. The Morgan fingerprint density at radius 3 is 2.41 bits per heavy atom. The van der Waals surface area contributed by atoms with E-state index >= 15 is 0 Å². The van der Waals surface area contributed by atoms with Crippen molar-refractivity contribution in [3.8, 4) is 11.3 Å². The molecule has 0 bridgehead atoms. The van der Waals surface area contributed by atoms with E-state index < -0.39 is 0 Å². The van der Waals surface area contributed by atoms with Gasteiger partial charge >= 0.3 is 0 Å². The molecule has 2 N–H and O–H groups in total. The Balaban J connectivity index is 1.20. The molecule has 7 heteroatoms. The molecule has 2 amide bonds. The van der Waals surface area contributed by atoms with Gasteiger partial charge in [-0.15, -0.1) is 0 Å². The van der Waals surface area contributed by atoms with E-state index in [1.807, 2.05) is 6.07 Å². The Morgan fingerprint density at radius 1 is 0.923 bits per heavy atom. The maximum atomic E-state index is 13.7. The second-order valence-electron chi connectivity index (χ2n) is 12.4. The first-order valence-electron chi connectivity index (χ1n) is 15.7. The summed E-state index contributed by atoms with van der Waals surface area (Å²) in [6, 6.07) is 11.1. The summed E-state index contributed by atoms with van der Waals surface area (Å²) >= 11 is 0. The van der Waals surface area contributed by atoms with Crippen LogP contribution in [0.5, 0.6) is 0 Å². The highest BCUT2D eigenvalue weighted by molar-refractivity contribution is 5.94. The highest BCUT2D eigenvalue weighted by Gasteiger charge is 2.30. The molecule has 1 aromatic heterocycles. The van der Waals surface area contributed by atoms with Gasteiger partial charge in [-0.1, -0.05) is 43.5 Å². The van der Waals surface area contributed by atoms with Crippen molar-refractivity contribution in [1.29, 1.82) is 0 Å². The van der Waals surface area contributed by atoms with Gasteiger partial charge in [0.1, 0.15) is 0 Å². The number of nitrogens with zero attached hydrogens (tertiary/aromatic N) is 3. The smallest absolute Gasteiger partial charge is 0.272 e. The van der Waals surface area contributed by atoms with Crippen LogP contribution < -0.4 is 10.6 Å². The number of piperidine rings is 1. The first-order chi connectivity index (χ1) is 19.1. The van der Waals surface area contributed by atoms with Gasteiger partial charge in [0, 0.05) is 30.6 Å². The molecule has 39 heavy (non-hydrogen) atoms. The molecule has 1 aliphatic heterocycles. The minimum Gasteiger partial charge on any atom is -0.353 e. The fourth-order valence-electron chi connectivity index (χ4n) is 6.68. The van der Waals surface area contributed by atoms with Crippen molar-refractivity contribution < 1.29 is 9.59 Å². The second kappa shape index (κ2) is 12.2. The van der Waals surface area contributed by atoms with Gasteiger partial charge in [-0.25, -0.2) is 0 Å². The van der Waals surface area contributed by atoms with Crippen molar-refractivity contribution in [2.24, 2.45) is 0 Å². The third kappa shape index (κ3) is 6.56. The third-order valence-electron chi connectivity index (χ3n) is 9.37. The highest BCUT2D eigenvalue weighted by Crippen LogP contribution is 2.45. The first kappa shape index (κ1) is 26.5. The molecule has 4 aliphatic rings. The minimum atomic E-state index is -0.196. The van der Waals surface area contributed by atoms with Crippen LogP contribution >= 0.6 is 0 Å². The lowest BCUT2D eigenvalue weighted by Gasteiger charge is -2.29. The fourth-order valence-corrected chi connectivity index (χ4v) is 6.68. The average molecular weight is 532 g/mol. The van der Waals surface area contributed by atoms with Crippen molar-refractivity contribution in [3.63, 3.8) is 0 Å². The normalized spacial score (nSPS) is 21.4. The van der Waals surface area contributed by atoms with Crippen molar-refractivity contribution in [2.45, 2.75) is 114 Å². The number of amides is 2. The van der Waals surface area contributed by atoms with Gasteiger partial charge in [0.2, 0.25) is 5.91 Å². The number of nitrogens with one attached hydrogen (secondary N) is 2. The molecule has 1 aromatic carbocycles. The summed E-state index contributed by atoms with van der Waals surface area (Å²) in [5.74, 6) is 0.523. The van der Waals surface area contributed by atoms with Crippen LogP contribution in [0.15, 0.2) is 30.3 Å². The number of carbonyl (C=O) groups is 2. The zero-order valence-electron chi connectivity index (χ0n) is 23.4. The Kier molecular flexibility index (Phi) is 8.33. The zero-order chi connectivity index (χ0) is 26.6. The average Bonchev–Trinajstić information content (AvgIpc) is 3.44. The third-order valence-corrected chi connectivity index (χ3v) is 9.37. The molecule has 2 heterocycles. The van der Waals surface area contributed by atoms with Gasteiger partial charge in [-0.2, -0.15) is 5.10 Å². The molecular formula is C32H45N5O2. The van der Waals surface area contributed by atoms with Crippen molar-refractivity contribution in [1.82, 2.24) is 25.3 Å². The lowest BCUT2D eigenvalue weighted by Crippen LogP contribution is -2.45. The maximum absolute atomic E-state index is 13.7. The fraction of sp³-hybridized carbons (Fsp3) is 0.656. The van der Waals surface area contributed by atoms with Crippen LogP contribution in [0.1, 0.15) is 118 Å². The van der Waals surface area contributed by atoms with Crippen LogP contribution in [0.2, 0.25) is 0 Å². The summed E-state index contributed by atoms with van der Waals surface area (Å²) in [6.45, 7) is 3.15. The SMILES string of the molecule is O=C(C[C@H](CCN1CCCCC1)NC(=O)c1cc(-c2ccccc2C2CC2)n(C2CCCC2)n1)NC1CCC1. The topological polar surface area (TPSA) is 79.3 Å². The predicted octanol–water partition coefficient (Wildman–Crippen LogP) is 5.58. The summed E-state index contributed by atoms with van der Waals surface area (Å²) in [5, 5.41) is 11.3. The van der Waals surface area contributed by atoms with E-state index in [-0.39, 0.29) is 17.9 Å². The van der Waals surface area contributed by atoms with Gasteiger partial charge in [0.15, 0.2) is 5.69 Å². The van der Waals surface area contributed by atoms with Crippen LogP contribution in [0.25, 0.3) is 11.3 Å². The van der Waals surface area contributed by atoms with E-state index in [2.05, 4.69) is 44.5 Å². The van der Waals surface area contributed by atoms with E-state index in [1.54, 1.807) is 0 Å². The Bertz CT molecular complexity index is 1140. The van der Waals surface area contributed by atoms with E-state index in [1.165, 1.54) is 62.5 Å². The lowest BCUT2D eigenvalue weighted by atomic mass is 9.93. The molecule has 210 valence electrons. The van der Waals surface area contributed by atoms with Crippen molar-refractivity contribution >= 4 is 11.8 Å². The largest absolute Gasteiger partial charge is 0.353 e. The van der Waals surface area contributed by atoms with Crippen LogP contribution in [0, 0.1) is 0 Å². The molecule has 7 nitrogen and oxygen atoms in total. The number of carbonyl (C=O) groups excluding carboxylic acids is 2. The summed E-state index contributed by atoms with van der Waals surface area (Å²) in [4.78, 5) is 29.0. The monoisotopic (exact) mass is 531 g/mol. The van der Waals surface area contributed by atoms with Crippen LogP contribution in [0.3, 0.4) is 0 Å². The number of rotatable bonds is 11. The van der Waals surface area contributed by atoms with Crippen molar-refractivity contribution in [2.75, 3.05) is 19.6 Å². The summed E-state index contributed by atoms with van der Waals surface area (Å²) in [7, 11) is 0. The van der Waals surface area contributed by atoms with Crippen LogP contribution in [0.4, 0.5) is 0 Å². The van der Waals surface area contributed by atoms with E-state index in [0.717, 1.165) is 57.4 Å². The summed E-state index contributed by atoms with van der Waals surface area (Å²) in [5.41, 5.74) is 4.16. The van der Waals surface area contributed by atoms with Crippen molar-refractivity contribution in [3.05, 3.63) is 41.6 Å². The van der Waals surface area contributed by atoms with E-state index in [4.69, 9.17) is 5.10 Å². The number of likely N-dealkylation sites (tertiary alicyclic amines) is 1. The summed E-state index contributed by atoms with van der Waals surface area (Å²) < 4.78 is 2.15. The van der Waals surface area contributed by atoms with Gasteiger partial charge < -0.3 is 15.5 Å². The van der Waals surface area contributed by atoms with Gasteiger partial charge in [-0.05, 0) is 94.8 Å². The Labute approximate surface area is 233 Å². The molecule has 0 unspecified atom stereocenters. The standard InChI is InChI=1S/C32H45N5O2/c38-31(33-24-9-8-10-24)21-25(17-20-36-18-6-1-7-19-36)34-32(39)29-22-30(37(35-29)26-11-2-3-12-26)28-14-5-4-13-27(28)23-15-16-23/h4-5,13-14,22-26H,1-3,6-12,15-21H2,(H,33,38)(H,34,39)/t25-/m0/s1. The molecule has 1 saturated heterocycles. The van der Waals surface area contributed by atoms with Crippen LogP contribution in [-0.2, 0) is 4.79 Å². The Morgan fingerprint density at radius 2 is 1.69 bits per heavy atom. The van der Waals surface area contributed by atoms with E-state index in [0.29, 0.717) is 30.1 Å². The van der Waals surface area contributed by atoms with Gasteiger partial charge in [-0.3, -0.25) is 14.3 Å². The maximum Gasteiger partial charge on any atom is 0.272 e. The molecule has 3 aliphatic carbocycles. The zero-order valence-corrected chi connectivity index (χ0v) is 23.4. The predicted molar refractivity (Wildman–Crippen MR) is 154 cm³/mol. The molecule has 0 spiro atoms. The van der Waals surface area contributed by atoms with Gasteiger partial charge in [0.05, 0.1) is 11.7 Å². The molecule has 1 atom stereocenters. The number of aromatic nitrogens is 2. The molecule has 0 radical (unpaired) electrons. The molecule has 4 fully saturated rings. The summed E-state index contributed by atoms with van der Waals surface area (Å²) in [6.07, 6.45) is 15.4. The van der Waals surface area contributed by atoms with E-state index in [9.17, 15) is 9.59 Å². The second-order valence-corrected chi connectivity index (χ2v) is 12.4. The Hall–Kier alpha value is -2.67. The first-order valence-corrected chi connectivity index (χ1v) is 15.7. The number of hydrogen-bond acceptors (Lipinski definition) is 4. The molecule has 6 rings (SSSR count).